The third-order valence-corrected chi connectivity index (χ3v) is 3.32. The summed E-state index contributed by atoms with van der Waals surface area (Å²) >= 11 is 5.98. The largest absolute Gasteiger partial charge is 0.354 e. The second-order valence-electron chi connectivity index (χ2n) is 5.36. The molecule has 0 bridgehead atoms. The number of carbonyl (C=O) groups excluding carboxylic acids is 1. The number of nitrogens with two attached hydrogens (primary N) is 1. The van der Waals surface area contributed by atoms with E-state index in [0.717, 1.165) is 17.1 Å². The average Bonchev–Trinajstić information content (AvgIpc) is 2.34. The second-order valence-corrected chi connectivity index (χ2v) is 5.80. The SMILES string of the molecule is CC(C)NC(=O)CC(CN)N(C)Cc1cccc(Cl)c1. The van der Waals surface area contributed by atoms with Crippen molar-refractivity contribution in [1.29, 1.82) is 0 Å². The molecule has 1 unspecified atom stereocenters. The molecule has 0 aliphatic rings. The summed E-state index contributed by atoms with van der Waals surface area (Å²) in [5, 5.41) is 3.61. The maximum absolute atomic E-state index is 11.8. The Hall–Kier alpha value is -1.10. The fraction of sp³-hybridized carbons (Fsp3) is 0.533. The summed E-state index contributed by atoms with van der Waals surface area (Å²) < 4.78 is 0. The highest BCUT2D eigenvalue weighted by molar-refractivity contribution is 6.30. The van der Waals surface area contributed by atoms with Crippen LogP contribution < -0.4 is 11.1 Å². The molecule has 0 heterocycles. The van der Waals surface area contributed by atoms with Crippen LogP contribution in [0.15, 0.2) is 24.3 Å². The van der Waals surface area contributed by atoms with Crippen LogP contribution in [-0.4, -0.2) is 36.5 Å². The van der Waals surface area contributed by atoms with E-state index in [1.54, 1.807) is 0 Å². The summed E-state index contributed by atoms with van der Waals surface area (Å²) in [6.45, 7) is 5.07. The molecular weight excluding hydrogens is 274 g/mol. The summed E-state index contributed by atoms with van der Waals surface area (Å²) in [5.41, 5.74) is 6.90. The van der Waals surface area contributed by atoms with Crippen molar-refractivity contribution in [3.63, 3.8) is 0 Å². The topological polar surface area (TPSA) is 58.4 Å². The lowest BCUT2D eigenvalue weighted by molar-refractivity contribution is -0.122. The lowest BCUT2D eigenvalue weighted by Gasteiger charge is -2.27. The van der Waals surface area contributed by atoms with Crippen molar-refractivity contribution in [1.82, 2.24) is 10.2 Å². The first kappa shape index (κ1) is 17.0. The number of carbonyl (C=O) groups is 1. The second kappa shape index (κ2) is 8.25. The molecule has 3 N–H and O–H groups in total. The molecule has 112 valence electrons. The monoisotopic (exact) mass is 297 g/mol. The molecule has 5 heteroatoms. The molecule has 0 fully saturated rings. The zero-order chi connectivity index (χ0) is 15.1. The van der Waals surface area contributed by atoms with Gasteiger partial charge < -0.3 is 11.1 Å². The molecule has 1 amide bonds. The van der Waals surface area contributed by atoms with Crippen LogP contribution in [-0.2, 0) is 11.3 Å². The van der Waals surface area contributed by atoms with Gasteiger partial charge in [0, 0.05) is 36.6 Å². The van der Waals surface area contributed by atoms with Gasteiger partial charge in [0.15, 0.2) is 0 Å². The highest BCUT2D eigenvalue weighted by Gasteiger charge is 2.17. The van der Waals surface area contributed by atoms with Crippen LogP contribution in [0.2, 0.25) is 5.02 Å². The molecule has 0 radical (unpaired) electrons. The first-order valence-electron chi connectivity index (χ1n) is 6.86. The number of hydrogen-bond donors (Lipinski definition) is 2. The zero-order valence-corrected chi connectivity index (χ0v) is 13.2. The quantitative estimate of drug-likeness (QED) is 0.809. The minimum atomic E-state index is 0.0210. The van der Waals surface area contributed by atoms with Crippen LogP contribution in [0.25, 0.3) is 0 Å². The summed E-state index contributed by atoms with van der Waals surface area (Å²) in [4.78, 5) is 13.9. The summed E-state index contributed by atoms with van der Waals surface area (Å²) in [7, 11) is 1.97. The van der Waals surface area contributed by atoms with Crippen LogP contribution in [0.1, 0.15) is 25.8 Å². The Morgan fingerprint density at radius 3 is 2.70 bits per heavy atom. The maximum Gasteiger partial charge on any atom is 0.221 e. The van der Waals surface area contributed by atoms with Gasteiger partial charge in [0.25, 0.3) is 0 Å². The van der Waals surface area contributed by atoms with Crippen molar-refractivity contribution in [3.05, 3.63) is 34.9 Å². The number of amides is 1. The van der Waals surface area contributed by atoms with E-state index in [-0.39, 0.29) is 18.0 Å². The van der Waals surface area contributed by atoms with Gasteiger partial charge in [-0.3, -0.25) is 9.69 Å². The molecule has 0 aromatic heterocycles. The Balaban J connectivity index is 2.58. The molecule has 20 heavy (non-hydrogen) atoms. The standard InChI is InChI=1S/C15H24ClN3O/c1-11(2)18-15(20)8-14(9-17)19(3)10-12-5-4-6-13(16)7-12/h4-7,11,14H,8-10,17H2,1-3H3,(H,18,20). The van der Waals surface area contributed by atoms with Crippen LogP contribution in [0.5, 0.6) is 0 Å². The number of nitrogens with zero attached hydrogens (tertiary/aromatic N) is 1. The zero-order valence-electron chi connectivity index (χ0n) is 12.4. The van der Waals surface area contributed by atoms with E-state index in [1.807, 2.05) is 45.2 Å². The Labute approximate surface area is 126 Å². The third-order valence-electron chi connectivity index (χ3n) is 3.09. The fourth-order valence-electron chi connectivity index (χ4n) is 2.07. The van der Waals surface area contributed by atoms with Gasteiger partial charge in [-0.25, -0.2) is 0 Å². The van der Waals surface area contributed by atoms with Crippen LogP contribution in [0.4, 0.5) is 0 Å². The predicted octanol–water partition coefficient (Wildman–Crippen LogP) is 2.01. The van der Waals surface area contributed by atoms with Crippen LogP contribution >= 0.6 is 11.6 Å². The number of nitrogens with one attached hydrogen (secondary N) is 1. The molecule has 1 atom stereocenters. The van der Waals surface area contributed by atoms with Gasteiger partial charge in [0.1, 0.15) is 0 Å². The first-order valence-corrected chi connectivity index (χ1v) is 7.24. The molecule has 0 aliphatic carbocycles. The van der Waals surface area contributed by atoms with E-state index in [2.05, 4.69) is 10.2 Å². The molecule has 1 aromatic carbocycles. The molecule has 4 nitrogen and oxygen atoms in total. The lowest BCUT2D eigenvalue weighted by atomic mass is 10.1. The highest BCUT2D eigenvalue weighted by Crippen LogP contribution is 2.14. The van der Waals surface area contributed by atoms with E-state index in [4.69, 9.17) is 17.3 Å². The van der Waals surface area contributed by atoms with Gasteiger partial charge in [0.05, 0.1) is 0 Å². The fourth-order valence-corrected chi connectivity index (χ4v) is 2.28. The number of benzene rings is 1. The van der Waals surface area contributed by atoms with Crippen molar-refractivity contribution in [2.24, 2.45) is 5.73 Å². The summed E-state index contributed by atoms with van der Waals surface area (Å²) in [6, 6.07) is 7.90. The number of rotatable bonds is 7. The molecular formula is C15H24ClN3O. The van der Waals surface area contributed by atoms with Gasteiger partial charge in [-0.15, -0.1) is 0 Å². The third kappa shape index (κ3) is 5.90. The molecule has 1 rings (SSSR count). The minimum Gasteiger partial charge on any atom is -0.354 e. The highest BCUT2D eigenvalue weighted by atomic mass is 35.5. The predicted molar refractivity (Wildman–Crippen MR) is 83.7 cm³/mol. The molecule has 0 saturated carbocycles. The van der Waals surface area contributed by atoms with Gasteiger partial charge in [-0.1, -0.05) is 23.7 Å². The van der Waals surface area contributed by atoms with Crippen molar-refractivity contribution >= 4 is 17.5 Å². The average molecular weight is 298 g/mol. The van der Waals surface area contributed by atoms with E-state index in [1.165, 1.54) is 0 Å². The lowest BCUT2D eigenvalue weighted by Crippen LogP contribution is -2.42. The Morgan fingerprint density at radius 1 is 1.45 bits per heavy atom. The van der Waals surface area contributed by atoms with E-state index < -0.39 is 0 Å². The van der Waals surface area contributed by atoms with Crippen molar-refractivity contribution in [2.45, 2.75) is 38.9 Å². The maximum atomic E-state index is 11.8. The molecule has 0 saturated heterocycles. The Bertz CT molecular complexity index is 437. The summed E-state index contributed by atoms with van der Waals surface area (Å²) in [6.07, 6.45) is 0.408. The summed E-state index contributed by atoms with van der Waals surface area (Å²) in [5.74, 6) is 0.0356. The van der Waals surface area contributed by atoms with E-state index >= 15 is 0 Å². The Morgan fingerprint density at radius 2 is 2.15 bits per heavy atom. The molecule has 0 spiro atoms. The minimum absolute atomic E-state index is 0.0210. The Kier molecular flexibility index (Phi) is 6.99. The first-order chi connectivity index (χ1) is 9.42. The molecule has 0 aliphatic heterocycles. The molecule has 1 aromatic rings. The number of hydrogen-bond acceptors (Lipinski definition) is 3. The number of halogens is 1. The van der Waals surface area contributed by atoms with Gasteiger partial charge in [0.2, 0.25) is 5.91 Å². The van der Waals surface area contributed by atoms with E-state index in [9.17, 15) is 4.79 Å². The van der Waals surface area contributed by atoms with E-state index in [0.29, 0.717) is 13.0 Å². The van der Waals surface area contributed by atoms with Crippen molar-refractivity contribution < 1.29 is 4.79 Å². The van der Waals surface area contributed by atoms with Crippen molar-refractivity contribution in [3.8, 4) is 0 Å². The van der Waals surface area contributed by atoms with Crippen molar-refractivity contribution in [2.75, 3.05) is 13.6 Å². The van der Waals surface area contributed by atoms with Crippen LogP contribution in [0.3, 0.4) is 0 Å². The smallest absolute Gasteiger partial charge is 0.221 e. The normalized spacial score (nSPS) is 12.8. The van der Waals surface area contributed by atoms with Crippen LogP contribution in [0, 0.1) is 0 Å². The number of likely N-dealkylation sites (N-methyl/N-ethyl adjacent to an activating group) is 1. The van der Waals surface area contributed by atoms with Gasteiger partial charge >= 0.3 is 0 Å². The van der Waals surface area contributed by atoms with Gasteiger partial charge in [-0.2, -0.15) is 0 Å². The van der Waals surface area contributed by atoms with Gasteiger partial charge in [-0.05, 0) is 38.6 Å².